The lowest BCUT2D eigenvalue weighted by molar-refractivity contribution is -0.150. The third kappa shape index (κ3) is 6.11. The number of aliphatic carboxylic acids is 1. The maximum Gasteiger partial charge on any atom is 0.375 e. The molecule has 2 aliphatic rings. The molecular weight excluding hydrogens is 655 g/mol. The Morgan fingerprint density at radius 2 is 2.00 bits per heavy atom. The lowest BCUT2D eigenvalue weighted by Gasteiger charge is -2.49. The standard InChI is InChI=1S/C23H23N11O8S3/c1-23(2,20(41)30-25)42-32-11(9-7-45-21(24)27-9)15(35)28-12-16(36)33-13(18(37)38)8(6-44-17(12)33)5-43-10-3-4-26-22-29-14(19(39)40)31-34(10)22/h3-4,7,12,17H,5-6,25H2,1-2H3,(H2,24,27)(H,28,35)(H,30,41)(H,37,38)(H,39,40)/t12?,17-/m0/s1. The number of amides is 3. The van der Waals surface area contributed by atoms with Crippen LogP contribution in [-0.2, 0) is 24.0 Å². The van der Waals surface area contributed by atoms with E-state index in [0.717, 1.165) is 28.0 Å². The van der Waals surface area contributed by atoms with E-state index in [1.165, 1.54) is 41.7 Å². The van der Waals surface area contributed by atoms with Crippen LogP contribution < -0.4 is 22.3 Å². The maximum absolute atomic E-state index is 13.3. The Balaban J connectivity index is 1.34. The molecule has 2 atom stereocenters. The molecular formula is C23H23N11O8S3. The van der Waals surface area contributed by atoms with Crippen molar-refractivity contribution < 1.29 is 39.0 Å². The van der Waals surface area contributed by atoms with Gasteiger partial charge in [0.1, 0.15) is 27.8 Å². The predicted molar refractivity (Wildman–Crippen MR) is 159 cm³/mol. The van der Waals surface area contributed by atoms with Gasteiger partial charge in [0, 0.05) is 23.1 Å². The minimum absolute atomic E-state index is 0.0254. The van der Waals surface area contributed by atoms with Crippen molar-refractivity contribution in [1.82, 2.24) is 40.2 Å². The molecule has 0 aromatic carbocycles. The Labute approximate surface area is 264 Å². The number of fused-ring (bicyclic) bond motifs is 2. The Morgan fingerprint density at radius 3 is 2.64 bits per heavy atom. The molecule has 0 bridgehead atoms. The van der Waals surface area contributed by atoms with Gasteiger partial charge < -0.3 is 26.1 Å². The second-order valence-electron chi connectivity index (χ2n) is 9.73. The van der Waals surface area contributed by atoms with Crippen LogP contribution in [0.2, 0.25) is 0 Å². The molecule has 1 fully saturated rings. The largest absolute Gasteiger partial charge is 0.477 e. The lowest BCUT2D eigenvalue weighted by Crippen LogP contribution is -2.71. The minimum Gasteiger partial charge on any atom is -0.477 e. The molecule has 0 saturated carbocycles. The van der Waals surface area contributed by atoms with E-state index >= 15 is 0 Å². The van der Waals surface area contributed by atoms with Crippen LogP contribution in [0.15, 0.2) is 39.1 Å². The smallest absolute Gasteiger partial charge is 0.375 e. The summed E-state index contributed by atoms with van der Waals surface area (Å²) in [6, 6.07) is 0.456. The summed E-state index contributed by atoms with van der Waals surface area (Å²) >= 11 is 3.42. The third-order valence-corrected chi connectivity index (χ3v) is 9.46. The number of anilines is 1. The zero-order valence-corrected chi connectivity index (χ0v) is 25.6. The molecule has 2 aliphatic heterocycles. The number of aromatic nitrogens is 5. The van der Waals surface area contributed by atoms with Crippen molar-refractivity contribution in [3.8, 4) is 0 Å². The molecule has 0 aliphatic carbocycles. The van der Waals surface area contributed by atoms with E-state index in [1.54, 1.807) is 6.07 Å². The highest BCUT2D eigenvalue weighted by Crippen LogP contribution is 2.41. The number of hydrazine groups is 1. The normalized spacial score (nSPS) is 18.3. The zero-order valence-electron chi connectivity index (χ0n) is 23.2. The summed E-state index contributed by atoms with van der Waals surface area (Å²) in [5, 5.41) is 30.8. The zero-order chi connectivity index (χ0) is 32.6. The van der Waals surface area contributed by atoms with Gasteiger partial charge in [-0.15, -0.1) is 40.0 Å². The van der Waals surface area contributed by atoms with Crippen LogP contribution >= 0.6 is 34.9 Å². The maximum atomic E-state index is 13.3. The minimum atomic E-state index is -1.58. The van der Waals surface area contributed by atoms with Gasteiger partial charge in [-0.25, -0.2) is 25.4 Å². The molecule has 1 unspecified atom stereocenters. The number of oxime groups is 1. The molecule has 8 N–H and O–H groups in total. The number of nitrogens with two attached hydrogens (primary N) is 2. The molecule has 5 rings (SSSR count). The van der Waals surface area contributed by atoms with Crippen LogP contribution in [0.1, 0.15) is 30.2 Å². The van der Waals surface area contributed by atoms with Crippen LogP contribution in [-0.4, -0.2) is 104 Å². The second-order valence-corrected chi connectivity index (χ2v) is 12.7. The number of thioether (sulfide) groups is 2. The van der Waals surface area contributed by atoms with Gasteiger partial charge in [0.2, 0.25) is 5.60 Å². The van der Waals surface area contributed by atoms with Gasteiger partial charge in [-0.05, 0) is 25.5 Å². The Bertz CT molecular complexity index is 1800. The first-order valence-corrected chi connectivity index (χ1v) is 15.5. The van der Waals surface area contributed by atoms with Crippen LogP contribution in [0.5, 0.6) is 0 Å². The number of hydrogen-bond donors (Lipinski definition) is 6. The number of β-lactam (4-membered cyclic amide) rings is 1. The van der Waals surface area contributed by atoms with Gasteiger partial charge in [0.25, 0.3) is 29.3 Å². The molecule has 1 saturated heterocycles. The summed E-state index contributed by atoms with van der Waals surface area (Å²) in [6.07, 6.45) is 1.42. The lowest BCUT2D eigenvalue weighted by atomic mass is 10.0. The van der Waals surface area contributed by atoms with Crippen molar-refractivity contribution in [3.05, 3.63) is 40.4 Å². The highest BCUT2D eigenvalue weighted by atomic mass is 32.2. The number of aromatic carboxylic acids is 1. The number of nitrogens with zero attached hydrogens (tertiary/aromatic N) is 7. The van der Waals surface area contributed by atoms with Crippen molar-refractivity contribution >= 4 is 81.1 Å². The van der Waals surface area contributed by atoms with Crippen molar-refractivity contribution in [1.29, 1.82) is 0 Å². The highest BCUT2D eigenvalue weighted by Gasteiger charge is 2.54. The van der Waals surface area contributed by atoms with Crippen LogP contribution in [0.3, 0.4) is 0 Å². The van der Waals surface area contributed by atoms with Gasteiger partial charge in [-0.1, -0.05) is 5.16 Å². The van der Waals surface area contributed by atoms with Gasteiger partial charge >= 0.3 is 11.9 Å². The number of carbonyl (C=O) groups is 5. The van der Waals surface area contributed by atoms with E-state index in [0.29, 0.717) is 10.6 Å². The van der Waals surface area contributed by atoms with E-state index in [1.807, 2.05) is 5.43 Å². The van der Waals surface area contributed by atoms with Crippen molar-refractivity contribution in [3.63, 3.8) is 0 Å². The summed E-state index contributed by atoms with van der Waals surface area (Å²) in [5.74, 6) is 0.173. The fourth-order valence-corrected chi connectivity index (χ4v) is 7.10. The quantitative estimate of drug-likeness (QED) is 0.0266. The summed E-state index contributed by atoms with van der Waals surface area (Å²) in [5.41, 5.74) is 5.92. The van der Waals surface area contributed by atoms with Gasteiger partial charge in [0.05, 0.1) is 0 Å². The summed E-state index contributed by atoms with van der Waals surface area (Å²) in [6.45, 7) is 2.73. The molecule has 0 radical (unpaired) electrons. The number of nitrogen functional groups attached to an aromatic ring is 1. The molecule has 19 nitrogen and oxygen atoms in total. The number of carboxylic acid groups (broad SMARTS) is 2. The Kier molecular flexibility index (Phi) is 8.64. The number of rotatable bonds is 11. The molecule has 3 aromatic heterocycles. The first-order chi connectivity index (χ1) is 21.3. The molecule has 0 spiro atoms. The molecule has 5 heterocycles. The highest BCUT2D eigenvalue weighted by molar-refractivity contribution is 8.01. The van der Waals surface area contributed by atoms with E-state index < -0.39 is 52.5 Å². The second kappa shape index (κ2) is 12.3. The fourth-order valence-electron chi connectivity index (χ4n) is 4.11. The average Bonchev–Trinajstić information content (AvgIpc) is 3.64. The van der Waals surface area contributed by atoms with Gasteiger partial charge in [-0.3, -0.25) is 24.7 Å². The fraction of sp³-hybridized carbons (Fsp3) is 0.304. The summed E-state index contributed by atoms with van der Waals surface area (Å²) < 4.78 is 1.23. The van der Waals surface area contributed by atoms with Crippen molar-refractivity contribution in [2.45, 2.75) is 35.9 Å². The first-order valence-electron chi connectivity index (χ1n) is 12.6. The van der Waals surface area contributed by atoms with E-state index in [9.17, 15) is 34.2 Å². The molecule has 3 aromatic rings. The summed E-state index contributed by atoms with van der Waals surface area (Å²) in [4.78, 5) is 80.4. The monoisotopic (exact) mass is 677 g/mol. The SMILES string of the molecule is CC(C)(ON=C(C(=O)NC1C(=O)N2C(C(=O)O)=C(CSc3ccnc4nc(C(=O)O)nn34)CS[C@@H]12)c1csc(N)n1)C(=O)NN. The van der Waals surface area contributed by atoms with E-state index in [4.69, 9.17) is 16.4 Å². The molecule has 236 valence electrons. The number of hydrogen-bond acceptors (Lipinski definition) is 16. The molecule has 45 heavy (non-hydrogen) atoms. The molecule has 3 amide bonds. The van der Waals surface area contributed by atoms with Crippen LogP contribution in [0, 0.1) is 0 Å². The van der Waals surface area contributed by atoms with Crippen molar-refractivity contribution in [2.75, 3.05) is 17.2 Å². The number of thiazole rings is 1. The van der Waals surface area contributed by atoms with Gasteiger partial charge in [-0.2, -0.15) is 9.50 Å². The topological polar surface area (TPSA) is 283 Å². The number of carbonyl (C=O) groups excluding carboxylic acids is 3. The van der Waals surface area contributed by atoms with Crippen molar-refractivity contribution in [2.24, 2.45) is 11.0 Å². The predicted octanol–water partition coefficient (Wildman–Crippen LogP) is -1.12. The van der Waals surface area contributed by atoms with Crippen LogP contribution in [0.4, 0.5) is 5.13 Å². The molecule has 22 heteroatoms. The summed E-state index contributed by atoms with van der Waals surface area (Å²) in [7, 11) is 0. The van der Waals surface area contributed by atoms with Gasteiger partial charge in [0.15, 0.2) is 10.8 Å². The first kappa shape index (κ1) is 31.6. The third-order valence-electron chi connectivity index (χ3n) is 6.35. The Morgan fingerprint density at radius 1 is 1.24 bits per heavy atom. The average molecular weight is 678 g/mol. The van der Waals surface area contributed by atoms with Crippen LogP contribution in [0.25, 0.3) is 5.78 Å². The van der Waals surface area contributed by atoms with E-state index in [2.05, 4.69) is 30.5 Å². The van der Waals surface area contributed by atoms with E-state index in [-0.39, 0.29) is 39.5 Å². The number of carboxylic acids is 2. The Hall–Kier alpha value is -4.80. The number of nitrogens with one attached hydrogen (secondary N) is 2.